The van der Waals surface area contributed by atoms with Crippen LogP contribution in [0.3, 0.4) is 0 Å². The summed E-state index contributed by atoms with van der Waals surface area (Å²) < 4.78 is 0. The summed E-state index contributed by atoms with van der Waals surface area (Å²) >= 11 is 0. The molecule has 2 heteroatoms. The molecule has 0 fully saturated rings. The summed E-state index contributed by atoms with van der Waals surface area (Å²) in [5.41, 5.74) is 10.5. The molecule has 0 aromatic rings. The fourth-order valence-electron chi connectivity index (χ4n) is 0.623. The fourth-order valence-corrected chi connectivity index (χ4v) is 0.623. The van der Waals surface area contributed by atoms with Crippen LogP contribution in [0, 0.1) is 23.7 Å². The lowest BCUT2D eigenvalue weighted by atomic mass is 10.3. The lowest BCUT2D eigenvalue weighted by molar-refractivity contribution is 1.02. The highest BCUT2D eigenvalue weighted by atomic mass is 14.5. The molecule has 0 aromatic carbocycles. The molecule has 0 aromatic heterocycles. The second-order valence-corrected chi connectivity index (χ2v) is 2.28. The summed E-state index contributed by atoms with van der Waals surface area (Å²) in [7, 11) is 0. The van der Waals surface area contributed by atoms with Crippen molar-refractivity contribution in [2.45, 2.75) is 25.7 Å². The zero-order chi connectivity index (χ0) is 9.07. The lowest BCUT2D eigenvalue weighted by Gasteiger charge is -1.81. The molecular formula is C10H16N2. The van der Waals surface area contributed by atoms with E-state index in [9.17, 15) is 0 Å². The summed E-state index contributed by atoms with van der Waals surface area (Å²) in [5.74, 6) is 11.9. The van der Waals surface area contributed by atoms with Crippen molar-refractivity contribution in [2.75, 3.05) is 13.1 Å². The third-order valence-corrected chi connectivity index (χ3v) is 1.16. The van der Waals surface area contributed by atoms with Gasteiger partial charge in [-0.1, -0.05) is 0 Å². The standard InChI is InChI=1S/C10H16N2/c11-9-7-5-3-1-2-4-6-8-10-12/h1-2,7-12H2. The van der Waals surface area contributed by atoms with Crippen LogP contribution in [0.5, 0.6) is 0 Å². The van der Waals surface area contributed by atoms with Gasteiger partial charge in [0.2, 0.25) is 0 Å². The third kappa shape index (κ3) is 9.04. The number of nitrogens with two attached hydrogens (primary N) is 2. The minimum Gasteiger partial charge on any atom is -0.330 e. The molecule has 2 nitrogen and oxygen atoms in total. The summed E-state index contributed by atoms with van der Waals surface area (Å²) in [6.07, 6.45) is 3.27. The second-order valence-electron chi connectivity index (χ2n) is 2.28. The summed E-state index contributed by atoms with van der Waals surface area (Å²) in [5, 5.41) is 0. The first-order valence-electron chi connectivity index (χ1n) is 4.23. The van der Waals surface area contributed by atoms with Gasteiger partial charge in [-0.05, 0) is 0 Å². The van der Waals surface area contributed by atoms with Gasteiger partial charge in [-0.15, -0.1) is 23.7 Å². The Bertz CT molecular complexity index is 175. The Hall–Kier alpha value is -0.960. The molecule has 0 amide bonds. The minimum absolute atomic E-state index is 0.645. The zero-order valence-corrected chi connectivity index (χ0v) is 7.40. The normalized spacial score (nSPS) is 7.83. The van der Waals surface area contributed by atoms with Crippen molar-refractivity contribution in [3.8, 4) is 23.7 Å². The maximum atomic E-state index is 5.26. The van der Waals surface area contributed by atoms with Gasteiger partial charge in [0.15, 0.2) is 0 Å². The van der Waals surface area contributed by atoms with E-state index in [-0.39, 0.29) is 0 Å². The van der Waals surface area contributed by atoms with E-state index >= 15 is 0 Å². The van der Waals surface area contributed by atoms with Gasteiger partial charge in [-0.25, -0.2) is 0 Å². The number of rotatable bonds is 3. The zero-order valence-electron chi connectivity index (χ0n) is 7.40. The Morgan fingerprint density at radius 1 is 0.583 bits per heavy atom. The van der Waals surface area contributed by atoms with Gasteiger partial charge in [-0.3, -0.25) is 0 Å². The first-order chi connectivity index (χ1) is 5.91. The Labute approximate surface area is 74.7 Å². The van der Waals surface area contributed by atoms with Gasteiger partial charge >= 0.3 is 0 Å². The first kappa shape index (κ1) is 11.0. The van der Waals surface area contributed by atoms with Crippen LogP contribution in [0.4, 0.5) is 0 Å². The average molecular weight is 164 g/mol. The highest BCUT2D eigenvalue weighted by molar-refractivity contribution is 5.05. The van der Waals surface area contributed by atoms with Gasteiger partial charge in [-0.2, -0.15) is 0 Å². The Kier molecular flexibility index (Phi) is 9.24. The maximum Gasteiger partial charge on any atom is 0.0212 e. The number of unbranched alkanes of at least 4 members (excludes halogenated alkanes) is 1. The molecule has 0 aliphatic heterocycles. The fraction of sp³-hybridized carbons (Fsp3) is 0.600. The van der Waals surface area contributed by atoms with E-state index in [1.807, 2.05) is 0 Å². The minimum atomic E-state index is 0.645. The van der Waals surface area contributed by atoms with Crippen molar-refractivity contribution in [1.82, 2.24) is 0 Å². The molecule has 0 bridgehead atoms. The van der Waals surface area contributed by atoms with E-state index < -0.39 is 0 Å². The molecule has 4 N–H and O–H groups in total. The van der Waals surface area contributed by atoms with Gasteiger partial charge in [0.25, 0.3) is 0 Å². The molecule has 0 aliphatic carbocycles. The lowest BCUT2D eigenvalue weighted by Crippen LogP contribution is -1.95. The van der Waals surface area contributed by atoms with Crippen molar-refractivity contribution < 1.29 is 0 Å². The second kappa shape index (κ2) is 10.0. The van der Waals surface area contributed by atoms with E-state index in [1.54, 1.807) is 0 Å². The quantitative estimate of drug-likeness (QED) is 0.470. The van der Waals surface area contributed by atoms with Crippen LogP contribution in [-0.2, 0) is 0 Å². The van der Waals surface area contributed by atoms with Crippen molar-refractivity contribution in [3.63, 3.8) is 0 Å². The molecule has 12 heavy (non-hydrogen) atoms. The van der Waals surface area contributed by atoms with Crippen LogP contribution >= 0.6 is 0 Å². The highest BCUT2D eigenvalue weighted by Crippen LogP contribution is 1.83. The van der Waals surface area contributed by atoms with E-state index in [2.05, 4.69) is 23.7 Å². The number of hydrogen-bond donors (Lipinski definition) is 2. The van der Waals surface area contributed by atoms with Gasteiger partial charge in [0.1, 0.15) is 0 Å². The van der Waals surface area contributed by atoms with Gasteiger partial charge in [0, 0.05) is 38.8 Å². The molecule has 0 atom stereocenters. The molecule has 0 saturated carbocycles. The Morgan fingerprint density at radius 3 is 1.25 bits per heavy atom. The molecule has 0 radical (unpaired) electrons. The molecule has 66 valence electrons. The predicted octanol–water partition coefficient (Wildman–Crippen LogP) is 0.471. The van der Waals surface area contributed by atoms with Crippen molar-refractivity contribution >= 4 is 0 Å². The van der Waals surface area contributed by atoms with E-state index in [0.717, 1.165) is 25.7 Å². The monoisotopic (exact) mass is 164 g/mol. The topological polar surface area (TPSA) is 52.0 Å². The van der Waals surface area contributed by atoms with Crippen LogP contribution < -0.4 is 11.5 Å². The van der Waals surface area contributed by atoms with E-state index in [4.69, 9.17) is 11.5 Å². The van der Waals surface area contributed by atoms with E-state index in [1.165, 1.54) is 0 Å². The van der Waals surface area contributed by atoms with Crippen molar-refractivity contribution in [3.05, 3.63) is 0 Å². The van der Waals surface area contributed by atoms with Crippen LogP contribution in [-0.4, -0.2) is 13.1 Å². The molecule has 0 aliphatic rings. The molecule has 0 spiro atoms. The van der Waals surface area contributed by atoms with Crippen LogP contribution in [0.15, 0.2) is 0 Å². The molecule has 0 unspecified atom stereocenters. The van der Waals surface area contributed by atoms with Crippen molar-refractivity contribution in [1.29, 1.82) is 0 Å². The first-order valence-corrected chi connectivity index (χ1v) is 4.23. The number of hydrogen-bond acceptors (Lipinski definition) is 2. The summed E-state index contributed by atoms with van der Waals surface area (Å²) in [6, 6.07) is 0. The third-order valence-electron chi connectivity index (χ3n) is 1.16. The molecular weight excluding hydrogens is 148 g/mol. The predicted molar refractivity (Wildman–Crippen MR) is 52.1 cm³/mol. The smallest absolute Gasteiger partial charge is 0.0212 e. The van der Waals surface area contributed by atoms with Crippen LogP contribution in [0.1, 0.15) is 25.7 Å². The SMILES string of the molecule is NCCC#CCCC#CCCN. The summed E-state index contributed by atoms with van der Waals surface area (Å²) in [6.45, 7) is 1.29. The van der Waals surface area contributed by atoms with Crippen molar-refractivity contribution in [2.24, 2.45) is 11.5 Å². The summed E-state index contributed by atoms with van der Waals surface area (Å²) in [4.78, 5) is 0. The van der Waals surface area contributed by atoms with Gasteiger partial charge < -0.3 is 11.5 Å². The largest absolute Gasteiger partial charge is 0.330 e. The van der Waals surface area contributed by atoms with Crippen LogP contribution in [0.25, 0.3) is 0 Å². The average Bonchev–Trinajstić information content (AvgIpc) is 2.10. The van der Waals surface area contributed by atoms with E-state index in [0.29, 0.717) is 13.1 Å². The molecule has 0 saturated heterocycles. The Morgan fingerprint density at radius 2 is 0.917 bits per heavy atom. The Balaban J connectivity index is 3.23. The maximum absolute atomic E-state index is 5.26. The molecule has 0 heterocycles. The van der Waals surface area contributed by atoms with Crippen LogP contribution in [0.2, 0.25) is 0 Å². The van der Waals surface area contributed by atoms with Gasteiger partial charge in [0.05, 0.1) is 0 Å². The molecule has 0 rings (SSSR count). The highest BCUT2D eigenvalue weighted by Gasteiger charge is 1.74.